The summed E-state index contributed by atoms with van der Waals surface area (Å²) in [5.74, 6) is -5.41. The van der Waals surface area contributed by atoms with Crippen LogP contribution in [0.5, 0.6) is 0 Å². The first-order valence-corrected chi connectivity index (χ1v) is 18.4. The van der Waals surface area contributed by atoms with Gasteiger partial charge in [-0.3, -0.25) is 0 Å². The summed E-state index contributed by atoms with van der Waals surface area (Å²) in [4.78, 5) is 26.3. The number of nitrogens with one attached hydrogen (secondary N) is 2. The fraction of sp³-hybridized carbons (Fsp3) is 0.105. The van der Waals surface area contributed by atoms with Gasteiger partial charge in [0.1, 0.15) is 0 Å². The van der Waals surface area contributed by atoms with Gasteiger partial charge >= 0.3 is 275 Å². The number of benzene rings is 4. The van der Waals surface area contributed by atoms with Crippen LogP contribution in [0, 0.1) is 37.1 Å². The van der Waals surface area contributed by atoms with Crippen LogP contribution < -0.4 is 18.4 Å². The van der Waals surface area contributed by atoms with Gasteiger partial charge in [-0.15, -0.1) is 0 Å². The first-order valence-electron chi connectivity index (χ1n) is 15.0. The van der Waals surface area contributed by atoms with E-state index in [4.69, 9.17) is 0 Å². The maximum absolute atomic E-state index is 17.0. The number of halogens is 4. The number of hydrogen-bond acceptors (Lipinski definition) is 2. The topological polar surface area (TPSA) is 58.2 Å². The maximum atomic E-state index is 17.0. The molecule has 9 heteroatoms. The first-order chi connectivity index (χ1) is 22.6. The van der Waals surface area contributed by atoms with Crippen molar-refractivity contribution in [1.82, 2.24) is 0 Å². The molecule has 0 aromatic heterocycles. The van der Waals surface area contributed by atoms with Gasteiger partial charge in [0.2, 0.25) is 0 Å². The van der Waals surface area contributed by atoms with Crippen LogP contribution in [0.3, 0.4) is 0 Å². The number of allylic oxidation sites excluding steroid dienone is 8. The summed E-state index contributed by atoms with van der Waals surface area (Å²) in [5.41, 5.74) is 1.72. The molecule has 2 aliphatic carbocycles. The Bertz CT molecular complexity index is 1830. The molecule has 6 rings (SSSR count). The standard InChI is InChI=1S/2C14H10F2NO.2C5H5.Ti/c2*1-9-2-4-10(5-3-9)14(18)17-13-7-6-11(15)8-12(13)16;2*1-2-4-5-3-1;/h2*2-7H,1H3,(H,17,18);2*1-5H;. The average Bonchev–Trinajstić information content (AvgIpc) is 3.80. The van der Waals surface area contributed by atoms with Crippen LogP contribution in [0.1, 0.15) is 31.8 Å². The van der Waals surface area contributed by atoms with Crippen molar-refractivity contribution in [2.75, 3.05) is 10.6 Å². The summed E-state index contributed by atoms with van der Waals surface area (Å²) in [5, 5.41) is 5.08. The molecule has 0 spiro atoms. The van der Waals surface area contributed by atoms with E-state index in [2.05, 4.69) is 10.6 Å². The van der Waals surface area contributed by atoms with Crippen molar-refractivity contribution in [1.29, 1.82) is 0 Å². The van der Waals surface area contributed by atoms with Gasteiger partial charge in [0.25, 0.3) is 0 Å². The zero-order valence-corrected chi connectivity index (χ0v) is 27.1. The van der Waals surface area contributed by atoms with Gasteiger partial charge in [-0.2, -0.15) is 0 Å². The Labute approximate surface area is 273 Å². The van der Waals surface area contributed by atoms with E-state index in [-0.39, 0.29) is 22.5 Å². The normalized spacial score (nSPS) is 14.3. The quantitative estimate of drug-likeness (QED) is 0.147. The predicted molar refractivity (Wildman–Crippen MR) is 174 cm³/mol. The number of amides is 2. The molecule has 4 aromatic carbocycles. The molecule has 2 N–H and O–H groups in total. The van der Waals surface area contributed by atoms with E-state index in [1.165, 1.54) is 0 Å². The van der Waals surface area contributed by atoms with Crippen LogP contribution in [-0.4, -0.2) is 11.8 Å². The van der Waals surface area contributed by atoms with Crippen LogP contribution in [0.4, 0.5) is 28.9 Å². The molecule has 0 atom stereocenters. The van der Waals surface area contributed by atoms with Gasteiger partial charge in [0.05, 0.1) is 0 Å². The molecule has 47 heavy (non-hydrogen) atoms. The van der Waals surface area contributed by atoms with Crippen LogP contribution in [0.15, 0.2) is 121 Å². The number of aryl methyl sites for hydroxylation is 2. The molecule has 0 saturated heterocycles. The zero-order chi connectivity index (χ0) is 33.3. The van der Waals surface area contributed by atoms with Gasteiger partial charge in [-0.1, -0.05) is 0 Å². The van der Waals surface area contributed by atoms with E-state index in [0.717, 1.165) is 35.4 Å². The Balaban J connectivity index is 1.55. The van der Waals surface area contributed by atoms with Gasteiger partial charge in [-0.05, 0) is 0 Å². The third kappa shape index (κ3) is 5.95. The minimum atomic E-state index is -5.14. The van der Waals surface area contributed by atoms with Crippen LogP contribution in [-0.2, 0) is 16.6 Å². The molecule has 2 amide bonds. The molecular weight excluding hydrogens is 640 g/mol. The van der Waals surface area contributed by atoms with Crippen LogP contribution >= 0.6 is 0 Å². The molecule has 0 bridgehead atoms. The molecule has 0 aliphatic heterocycles. The summed E-state index contributed by atoms with van der Waals surface area (Å²) in [6.45, 7) is 3.72. The van der Waals surface area contributed by atoms with Crippen molar-refractivity contribution in [2.24, 2.45) is 0 Å². The molecule has 0 saturated carbocycles. The van der Waals surface area contributed by atoms with Gasteiger partial charge in [0, 0.05) is 0 Å². The third-order valence-electron chi connectivity index (χ3n) is 8.68. The van der Waals surface area contributed by atoms with Gasteiger partial charge < -0.3 is 0 Å². The van der Waals surface area contributed by atoms with E-state index in [0.29, 0.717) is 0 Å². The van der Waals surface area contributed by atoms with Crippen LogP contribution in [0.2, 0.25) is 8.45 Å². The van der Waals surface area contributed by atoms with E-state index in [1.54, 1.807) is 97.1 Å². The van der Waals surface area contributed by atoms with Crippen molar-refractivity contribution in [3.63, 3.8) is 0 Å². The van der Waals surface area contributed by atoms with E-state index >= 15 is 17.6 Å². The van der Waals surface area contributed by atoms with Crippen molar-refractivity contribution < 1.29 is 43.7 Å². The van der Waals surface area contributed by atoms with E-state index in [1.807, 2.05) is 13.8 Å². The number of hydrogen-bond donors (Lipinski definition) is 2. The molecule has 0 fully saturated rings. The van der Waals surface area contributed by atoms with Gasteiger partial charge in [0.15, 0.2) is 0 Å². The Morgan fingerprint density at radius 3 is 1.21 bits per heavy atom. The second-order valence-electron chi connectivity index (χ2n) is 11.7. The molecule has 0 unspecified atom stereocenters. The van der Waals surface area contributed by atoms with Gasteiger partial charge in [-0.25, -0.2) is 0 Å². The van der Waals surface area contributed by atoms with Crippen molar-refractivity contribution in [2.45, 2.75) is 22.3 Å². The van der Waals surface area contributed by atoms with Crippen molar-refractivity contribution >= 4 is 30.9 Å². The molecular formula is C38H30F4N2O2Ti. The van der Waals surface area contributed by atoms with Crippen LogP contribution in [0.25, 0.3) is 0 Å². The van der Waals surface area contributed by atoms with E-state index < -0.39 is 67.9 Å². The summed E-state index contributed by atoms with van der Waals surface area (Å²) in [6, 6.07) is 17.5. The molecule has 4 nitrogen and oxygen atoms in total. The third-order valence-corrected chi connectivity index (χ3v) is 17.2. The summed E-state index contributed by atoms with van der Waals surface area (Å²) < 4.78 is 64.2. The first kappa shape index (κ1) is 32.2. The van der Waals surface area contributed by atoms with Crippen molar-refractivity contribution in [3.8, 4) is 0 Å². The monoisotopic (exact) mass is 670 g/mol. The summed E-state index contributed by atoms with van der Waals surface area (Å²) in [6.07, 6.45) is 13.5. The summed E-state index contributed by atoms with van der Waals surface area (Å²) >= 11 is -5.14. The fourth-order valence-corrected chi connectivity index (χ4v) is 15.1. The Morgan fingerprint density at radius 2 is 0.872 bits per heavy atom. The second kappa shape index (κ2) is 13.1. The molecule has 236 valence electrons. The molecule has 4 aromatic rings. The number of carbonyl (C=O) groups excluding carboxylic acids is 2. The molecule has 2 aliphatic rings. The Morgan fingerprint density at radius 1 is 0.532 bits per heavy atom. The fourth-order valence-electron chi connectivity index (χ4n) is 6.34. The number of carbonyl (C=O) groups is 2. The number of anilines is 2. The SMILES string of the molecule is Cc1ccc(C(=O)Nc2ccc(F)[c]([Ti]([c]3c(F)ccc(NC(=O)c4ccc(C)cc4)c3F)([CH]3C=CC=C3)[CH]3C=CC=C3)c2F)cc1. The second-order valence-corrected chi connectivity index (χ2v) is 18.0. The van der Waals surface area contributed by atoms with E-state index in [9.17, 15) is 9.59 Å². The van der Waals surface area contributed by atoms with Crippen molar-refractivity contribution in [3.05, 3.63) is 167 Å². The molecule has 0 radical (unpaired) electrons. The molecule has 0 heterocycles. The Hall–Kier alpha value is -4.79. The number of rotatable bonds is 8. The zero-order valence-electron chi connectivity index (χ0n) is 25.5. The Kier molecular flexibility index (Phi) is 8.99. The average molecular weight is 671 g/mol. The summed E-state index contributed by atoms with van der Waals surface area (Å²) in [7, 11) is 0. The minimum absolute atomic E-state index is 0.256. The predicted octanol–water partition coefficient (Wildman–Crippen LogP) is 8.30.